The summed E-state index contributed by atoms with van der Waals surface area (Å²) in [6, 6.07) is 3.31. The van der Waals surface area contributed by atoms with E-state index >= 15 is 0 Å². The van der Waals surface area contributed by atoms with E-state index in [1.165, 1.54) is 19.2 Å². The Balaban J connectivity index is 2.60. The summed E-state index contributed by atoms with van der Waals surface area (Å²) in [5.41, 5.74) is -0.168. The van der Waals surface area contributed by atoms with Gasteiger partial charge in [0.05, 0.1) is 16.7 Å². The van der Waals surface area contributed by atoms with Gasteiger partial charge in [0, 0.05) is 26.1 Å². The molecule has 0 aliphatic carbocycles. The van der Waals surface area contributed by atoms with Crippen LogP contribution < -0.4 is 10.6 Å². The molecule has 92 valence electrons. The number of amides is 1. The highest BCUT2D eigenvalue weighted by Gasteiger charge is 2.10. The van der Waals surface area contributed by atoms with Crippen LogP contribution in [0.1, 0.15) is 6.42 Å². The molecule has 1 aromatic rings. The molecule has 0 unspecified atom stereocenters. The number of rotatable bonds is 5. The second-order valence-corrected chi connectivity index (χ2v) is 3.27. The maximum atomic E-state index is 13.3. The predicted molar refractivity (Wildman–Crippen MR) is 60.2 cm³/mol. The van der Waals surface area contributed by atoms with Crippen molar-refractivity contribution in [1.29, 1.82) is 0 Å². The molecule has 0 heterocycles. The van der Waals surface area contributed by atoms with E-state index in [4.69, 9.17) is 0 Å². The Labute approximate surface area is 97.0 Å². The number of nitrogens with one attached hydrogen (secondary N) is 2. The van der Waals surface area contributed by atoms with E-state index in [9.17, 15) is 19.3 Å². The third kappa shape index (κ3) is 3.71. The molecule has 0 aliphatic heterocycles. The Morgan fingerprint density at radius 2 is 2.24 bits per heavy atom. The summed E-state index contributed by atoms with van der Waals surface area (Å²) in [4.78, 5) is 20.6. The smallest absolute Gasteiger partial charge is 0.272 e. The Kier molecular flexibility index (Phi) is 4.38. The van der Waals surface area contributed by atoms with Gasteiger partial charge in [0.25, 0.3) is 5.69 Å². The average Bonchev–Trinajstić information content (AvgIpc) is 2.30. The molecule has 0 atom stereocenters. The van der Waals surface area contributed by atoms with Gasteiger partial charge in [-0.2, -0.15) is 0 Å². The molecular formula is C10H12FN3O3. The monoisotopic (exact) mass is 241 g/mol. The molecule has 0 aromatic heterocycles. The van der Waals surface area contributed by atoms with Gasteiger partial charge in [0.1, 0.15) is 0 Å². The SMILES string of the molecule is CNC(=O)CCNc1ccc([N+](=O)[O-])cc1F. The largest absolute Gasteiger partial charge is 0.382 e. The Morgan fingerprint density at radius 1 is 1.53 bits per heavy atom. The molecule has 1 amide bonds. The van der Waals surface area contributed by atoms with Gasteiger partial charge < -0.3 is 10.6 Å². The van der Waals surface area contributed by atoms with Crippen LogP contribution in [0.3, 0.4) is 0 Å². The number of carbonyl (C=O) groups is 1. The number of halogens is 1. The first-order chi connectivity index (χ1) is 8.04. The minimum atomic E-state index is -0.712. The number of nitro groups is 1. The molecule has 1 rings (SSSR count). The van der Waals surface area contributed by atoms with Crippen LogP contribution in [0.4, 0.5) is 15.8 Å². The van der Waals surface area contributed by atoms with Crippen molar-refractivity contribution in [3.63, 3.8) is 0 Å². The molecule has 0 fully saturated rings. The lowest BCUT2D eigenvalue weighted by Gasteiger charge is -2.06. The zero-order chi connectivity index (χ0) is 12.8. The zero-order valence-electron chi connectivity index (χ0n) is 9.20. The van der Waals surface area contributed by atoms with Gasteiger partial charge in [-0.25, -0.2) is 4.39 Å². The van der Waals surface area contributed by atoms with Crippen molar-refractivity contribution in [2.24, 2.45) is 0 Å². The van der Waals surface area contributed by atoms with E-state index in [-0.39, 0.29) is 30.2 Å². The first-order valence-corrected chi connectivity index (χ1v) is 4.93. The molecule has 0 aliphatic rings. The van der Waals surface area contributed by atoms with Gasteiger partial charge in [0.2, 0.25) is 5.91 Å². The second-order valence-electron chi connectivity index (χ2n) is 3.27. The lowest BCUT2D eigenvalue weighted by atomic mass is 10.2. The number of benzene rings is 1. The molecule has 0 bridgehead atoms. The highest BCUT2D eigenvalue weighted by atomic mass is 19.1. The summed E-state index contributed by atoms with van der Waals surface area (Å²) in [6.07, 6.45) is 0.201. The first kappa shape index (κ1) is 12.9. The summed E-state index contributed by atoms with van der Waals surface area (Å²) in [5.74, 6) is -0.879. The number of hydrogen-bond donors (Lipinski definition) is 2. The van der Waals surface area contributed by atoms with Gasteiger partial charge in [-0.05, 0) is 6.07 Å². The number of anilines is 1. The van der Waals surface area contributed by atoms with Crippen molar-refractivity contribution >= 4 is 17.3 Å². The lowest BCUT2D eigenvalue weighted by Crippen LogP contribution is -2.21. The summed E-state index contributed by atoms with van der Waals surface area (Å²) in [6.45, 7) is 0.258. The number of nitrogens with zero attached hydrogens (tertiary/aromatic N) is 1. The molecule has 6 nitrogen and oxygen atoms in total. The fourth-order valence-corrected chi connectivity index (χ4v) is 1.20. The summed E-state index contributed by atoms with van der Waals surface area (Å²) in [5, 5.41) is 15.5. The normalized spacial score (nSPS) is 9.76. The van der Waals surface area contributed by atoms with Crippen LogP contribution in [-0.2, 0) is 4.79 Å². The van der Waals surface area contributed by atoms with E-state index in [1.807, 2.05) is 0 Å². The summed E-state index contributed by atoms with van der Waals surface area (Å²) >= 11 is 0. The average molecular weight is 241 g/mol. The minimum Gasteiger partial charge on any atom is -0.382 e. The van der Waals surface area contributed by atoms with Crippen LogP contribution in [0.25, 0.3) is 0 Å². The van der Waals surface area contributed by atoms with Crippen LogP contribution >= 0.6 is 0 Å². The van der Waals surface area contributed by atoms with Gasteiger partial charge in [-0.15, -0.1) is 0 Å². The van der Waals surface area contributed by atoms with Crippen LogP contribution in [0.5, 0.6) is 0 Å². The van der Waals surface area contributed by atoms with E-state index in [1.54, 1.807) is 0 Å². The van der Waals surface area contributed by atoms with Crippen LogP contribution in [0, 0.1) is 15.9 Å². The van der Waals surface area contributed by atoms with Crippen LogP contribution in [-0.4, -0.2) is 24.4 Å². The Morgan fingerprint density at radius 3 is 2.76 bits per heavy atom. The maximum absolute atomic E-state index is 13.3. The Hall–Kier alpha value is -2.18. The Bertz CT molecular complexity index is 437. The van der Waals surface area contributed by atoms with Gasteiger partial charge in [-0.1, -0.05) is 0 Å². The molecule has 0 spiro atoms. The fraction of sp³-hybridized carbons (Fsp3) is 0.300. The molecule has 1 aromatic carbocycles. The molecule has 0 radical (unpaired) electrons. The maximum Gasteiger partial charge on any atom is 0.272 e. The molecule has 17 heavy (non-hydrogen) atoms. The third-order valence-corrected chi connectivity index (χ3v) is 2.11. The van der Waals surface area contributed by atoms with Gasteiger partial charge in [0.15, 0.2) is 5.82 Å². The van der Waals surface area contributed by atoms with Crippen molar-refractivity contribution in [1.82, 2.24) is 5.32 Å². The highest BCUT2D eigenvalue weighted by molar-refractivity contribution is 5.76. The topological polar surface area (TPSA) is 84.3 Å². The van der Waals surface area contributed by atoms with E-state index in [0.29, 0.717) is 0 Å². The van der Waals surface area contributed by atoms with Gasteiger partial charge >= 0.3 is 0 Å². The van der Waals surface area contributed by atoms with E-state index in [2.05, 4.69) is 10.6 Å². The van der Waals surface area contributed by atoms with Crippen molar-refractivity contribution in [2.75, 3.05) is 18.9 Å². The summed E-state index contributed by atoms with van der Waals surface area (Å²) < 4.78 is 13.3. The number of carbonyl (C=O) groups excluding carboxylic acids is 1. The van der Waals surface area contributed by atoms with Crippen LogP contribution in [0.15, 0.2) is 18.2 Å². The number of non-ortho nitro benzene ring substituents is 1. The predicted octanol–water partition coefficient (Wildman–Crippen LogP) is 1.28. The summed E-state index contributed by atoms with van der Waals surface area (Å²) in [7, 11) is 1.51. The number of hydrogen-bond acceptors (Lipinski definition) is 4. The van der Waals surface area contributed by atoms with E-state index < -0.39 is 10.7 Å². The number of nitro benzene ring substituents is 1. The minimum absolute atomic E-state index is 0.138. The van der Waals surface area contributed by atoms with Crippen molar-refractivity contribution < 1.29 is 14.1 Å². The van der Waals surface area contributed by atoms with Crippen molar-refractivity contribution in [3.8, 4) is 0 Å². The first-order valence-electron chi connectivity index (χ1n) is 4.93. The molecular weight excluding hydrogens is 229 g/mol. The standard InChI is InChI=1S/C10H12FN3O3/c1-12-10(15)4-5-13-9-3-2-7(14(16)17)6-8(9)11/h2-3,6,13H,4-5H2,1H3,(H,12,15). The van der Waals surface area contributed by atoms with Gasteiger partial charge in [-0.3, -0.25) is 14.9 Å². The second kappa shape index (κ2) is 5.78. The zero-order valence-corrected chi connectivity index (χ0v) is 9.20. The third-order valence-electron chi connectivity index (χ3n) is 2.11. The van der Waals surface area contributed by atoms with Crippen LogP contribution in [0.2, 0.25) is 0 Å². The molecule has 0 saturated heterocycles. The van der Waals surface area contributed by atoms with E-state index in [0.717, 1.165) is 6.07 Å². The fourth-order valence-electron chi connectivity index (χ4n) is 1.20. The molecule has 0 saturated carbocycles. The molecule has 2 N–H and O–H groups in total. The quantitative estimate of drug-likeness (QED) is 0.600. The molecule has 7 heteroatoms. The highest BCUT2D eigenvalue weighted by Crippen LogP contribution is 2.20. The van der Waals surface area contributed by atoms with Crippen molar-refractivity contribution in [2.45, 2.75) is 6.42 Å². The van der Waals surface area contributed by atoms with Crippen molar-refractivity contribution in [3.05, 3.63) is 34.1 Å². The lowest BCUT2D eigenvalue weighted by molar-refractivity contribution is -0.385.